The van der Waals surface area contributed by atoms with Crippen molar-refractivity contribution in [2.75, 3.05) is 5.73 Å². The fourth-order valence-electron chi connectivity index (χ4n) is 3.04. The zero-order valence-electron chi connectivity index (χ0n) is 17.5. The Bertz CT molecular complexity index is 1350. The fourth-order valence-corrected chi connectivity index (χ4v) is 3.71. The minimum absolute atomic E-state index is 0.191. The number of hydrogen-bond acceptors (Lipinski definition) is 5. The third-order valence-electron chi connectivity index (χ3n) is 4.92. The summed E-state index contributed by atoms with van der Waals surface area (Å²) in [4.78, 5) is 16.7. The van der Waals surface area contributed by atoms with E-state index in [2.05, 4.69) is 27.2 Å². The Morgan fingerprint density at radius 3 is 2.73 bits per heavy atom. The lowest BCUT2D eigenvalue weighted by molar-refractivity contribution is 0.0566. The molecule has 3 N–H and O–H groups in total. The molecule has 0 bridgehead atoms. The van der Waals surface area contributed by atoms with Gasteiger partial charge < -0.3 is 11.1 Å². The molecule has 0 aliphatic rings. The zero-order chi connectivity index (χ0) is 23.4. The number of hydrogen-bond donors (Lipinski definition) is 2. The van der Waals surface area contributed by atoms with Gasteiger partial charge in [0, 0.05) is 41.2 Å². The topological polar surface area (TPSA) is 85.8 Å². The van der Waals surface area contributed by atoms with E-state index in [1.807, 2.05) is 29.8 Å². The Labute approximate surface area is 193 Å². The summed E-state index contributed by atoms with van der Waals surface area (Å²) in [5.41, 5.74) is 10.6. The Morgan fingerprint density at radius 2 is 2.00 bits per heavy atom. The second kappa shape index (κ2) is 9.63. The van der Waals surface area contributed by atoms with Crippen LogP contribution >= 0.6 is 11.3 Å². The molecule has 1 amide bonds. The smallest absolute Gasteiger partial charge is 0.333 e. The molecule has 33 heavy (non-hydrogen) atoms. The largest absolute Gasteiger partial charge is 0.383 e. The molecule has 166 valence electrons. The molecule has 9 heteroatoms. The summed E-state index contributed by atoms with van der Waals surface area (Å²) in [6.07, 6.45) is 4.05. The number of nitrogens with two attached hydrogens (primary N) is 1. The minimum atomic E-state index is -2.72. The number of benzene rings is 1. The number of rotatable bonds is 5. The highest BCUT2D eigenvalue weighted by atomic mass is 32.1. The number of alkyl halides is 2. The van der Waals surface area contributed by atoms with Gasteiger partial charge >= 0.3 is 6.55 Å². The van der Waals surface area contributed by atoms with E-state index in [1.54, 1.807) is 29.5 Å². The van der Waals surface area contributed by atoms with Crippen molar-refractivity contribution in [3.8, 4) is 23.0 Å². The van der Waals surface area contributed by atoms with Gasteiger partial charge in [-0.05, 0) is 53.1 Å². The van der Waals surface area contributed by atoms with Crippen molar-refractivity contribution in [2.24, 2.45) is 0 Å². The number of thiophene rings is 1. The van der Waals surface area contributed by atoms with E-state index >= 15 is 0 Å². The molecule has 0 spiro atoms. The third-order valence-corrected chi connectivity index (χ3v) is 5.65. The average Bonchev–Trinajstić information content (AvgIpc) is 3.50. The molecular weight excluding hydrogens is 444 g/mol. The van der Waals surface area contributed by atoms with Crippen LogP contribution in [0.25, 0.3) is 11.1 Å². The normalized spacial score (nSPS) is 10.7. The first kappa shape index (κ1) is 22.2. The summed E-state index contributed by atoms with van der Waals surface area (Å²) in [7, 11) is 0. The Balaban J connectivity index is 1.57. The Hall–Kier alpha value is -4.03. The van der Waals surface area contributed by atoms with Crippen LogP contribution in [-0.4, -0.2) is 20.7 Å². The van der Waals surface area contributed by atoms with Crippen LogP contribution in [0.15, 0.2) is 59.7 Å². The van der Waals surface area contributed by atoms with Crippen LogP contribution in [-0.2, 0) is 6.54 Å². The van der Waals surface area contributed by atoms with Crippen LogP contribution in [0.4, 0.5) is 14.6 Å². The fraction of sp³-hybridized carbons (Fsp3) is 0.125. The molecule has 4 aromatic rings. The van der Waals surface area contributed by atoms with Crippen molar-refractivity contribution in [2.45, 2.75) is 20.0 Å². The lowest BCUT2D eigenvalue weighted by Crippen LogP contribution is -2.22. The molecule has 0 aliphatic heterocycles. The van der Waals surface area contributed by atoms with Crippen molar-refractivity contribution in [1.82, 2.24) is 20.1 Å². The van der Waals surface area contributed by atoms with E-state index in [9.17, 15) is 13.6 Å². The number of nitrogens with one attached hydrogen (secondary N) is 1. The molecular formula is C24H19F2N5OS. The van der Waals surface area contributed by atoms with Gasteiger partial charge in [0.05, 0.1) is 11.8 Å². The summed E-state index contributed by atoms with van der Waals surface area (Å²) in [6.45, 7) is -0.375. The summed E-state index contributed by atoms with van der Waals surface area (Å²) in [5, 5.41) is 10.5. The molecule has 0 saturated carbocycles. The molecule has 0 atom stereocenters. The van der Waals surface area contributed by atoms with Crippen molar-refractivity contribution in [3.05, 3.63) is 87.5 Å². The molecule has 6 nitrogen and oxygen atoms in total. The first-order valence-corrected chi connectivity index (χ1v) is 10.8. The molecule has 0 fully saturated rings. The van der Waals surface area contributed by atoms with Gasteiger partial charge in [0.1, 0.15) is 5.82 Å². The number of aromatic nitrogens is 3. The zero-order valence-corrected chi connectivity index (χ0v) is 18.4. The van der Waals surface area contributed by atoms with Gasteiger partial charge in [0.15, 0.2) is 0 Å². The lowest BCUT2D eigenvalue weighted by Gasteiger charge is -2.06. The second-order valence-electron chi connectivity index (χ2n) is 7.24. The highest BCUT2D eigenvalue weighted by molar-refractivity contribution is 7.07. The quantitative estimate of drug-likeness (QED) is 0.423. The van der Waals surface area contributed by atoms with Crippen LogP contribution < -0.4 is 11.1 Å². The van der Waals surface area contributed by atoms with Gasteiger partial charge in [0.25, 0.3) is 5.91 Å². The van der Waals surface area contributed by atoms with E-state index in [0.29, 0.717) is 39.0 Å². The molecule has 0 radical (unpaired) electrons. The van der Waals surface area contributed by atoms with E-state index < -0.39 is 6.55 Å². The molecule has 0 unspecified atom stereocenters. The number of carbonyl (C=O) groups is 1. The van der Waals surface area contributed by atoms with E-state index in [0.717, 1.165) is 11.1 Å². The molecule has 3 aromatic heterocycles. The van der Waals surface area contributed by atoms with E-state index in [4.69, 9.17) is 5.73 Å². The van der Waals surface area contributed by atoms with Crippen LogP contribution in [0.2, 0.25) is 0 Å². The summed E-state index contributed by atoms with van der Waals surface area (Å²) in [5.74, 6) is 6.06. The van der Waals surface area contributed by atoms with Gasteiger partial charge in [-0.15, -0.1) is 0 Å². The van der Waals surface area contributed by atoms with Crippen LogP contribution in [0.5, 0.6) is 0 Å². The SMILES string of the molecule is Cc1ccc(C(=O)NCc2ccsc2)cc1C#Cc1cc(-c2cnn(C(F)F)c2)cnc1N. The Kier molecular flexibility index (Phi) is 6.47. The minimum Gasteiger partial charge on any atom is -0.383 e. The highest BCUT2D eigenvalue weighted by Crippen LogP contribution is 2.23. The maximum absolute atomic E-state index is 12.8. The Morgan fingerprint density at radius 1 is 1.18 bits per heavy atom. The molecule has 4 rings (SSSR count). The maximum Gasteiger partial charge on any atom is 0.333 e. The first-order chi connectivity index (χ1) is 15.9. The first-order valence-electron chi connectivity index (χ1n) is 9.91. The van der Waals surface area contributed by atoms with Crippen molar-refractivity contribution in [3.63, 3.8) is 0 Å². The number of pyridine rings is 1. The van der Waals surface area contributed by atoms with Gasteiger partial charge in [-0.1, -0.05) is 17.9 Å². The number of amides is 1. The number of carbonyl (C=O) groups excluding carboxylic acids is 1. The average molecular weight is 464 g/mol. The van der Waals surface area contributed by atoms with Crippen LogP contribution in [0, 0.1) is 18.8 Å². The standard InChI is InChI=1S/C24H19F2N5OS/c1-15-2-3-19(23(32)29-10-16-6-7-33-14-16)8-17(15)4-5-18-9-20(11-28-22(18)27)21-12-30-31(13-21)24(25)26/h2-3,6-9,11-14,24H,10H2,1H3,(H2,27,28)(H,29,32). The number of halogens is 2. The van der Waals surface area contributed by atoms with E-state index in [-0.39, 0.29) is 11.7 Å². The van der Waals surface area contributed by atoms with Crippen LogP contribution in [0.3, 0.4) is 0 Å². The van der Waals surface area contributed by atoms with E-state index in [1.165, 1.54) is 18.6 Å². The number of nitrogens with zero attached hydrogens (tertiary/aromatic N) is 3. The molecule has 1 aromatic carbocycles. The molecule has 3 heterocycles. The summed E-state index contributed by atoms with van der Waals surface area (Å²) in [6, 6.07) is 8.95. The van der Waals surface area contributed by atoms with Gasteiger partial charge in [-0.2, -0.15) is 25.2 Å². The number of aryl methyl sites for hydroxylation is 1. The van der Waals surface area contributed by atoms with Crippen molar-refractivity contribution >= 4 is 23.1 Å². The summed E-state index contributed by atoms with van der Waals surface area (Å²) < 4.78 is 26.2. The monoisotopic (exact) mass is 463 g/mol. The van der Waals surface area contributed by atoms with Gasteiger partial charge in [-0.3, -0.25) is 4.79 Å². The maximum atomic E-state index is 12.8. The lowest BCUT2D eigenvalue weighted by atomic mass is 10.0. The third kappa shape index (κ3) is 5.25. The molecule has 0 saturated heterocycles. The van der Waals surface area contributed by atoms with Gasteiger partial charge in [0.2, 0.25) is 0 Å². The summed E-state index contributed by atoms with van der Waals surface area (Å²) >= 11 is 1.58. The van der Waals surface area contributed by atoms with Crippen LogP contribution in [0.1, 0.15) is 39.2 Å². The predicted molar refractivity (Wildman–Crippen MR) is 124 cm³/mol. The predicted octanol–water partition coefficient (Wildman–Crippen LogP) is 4.62. The molecule has 0 aliphatic carbocycles. The second-order valence-corrected chi connectivity index (χ2v) is 8.02. The van der Waals surface area contributed by atoms with Gasteiger partial charge in [-0.25, -0.2) is 9.67 Å². The highest BCUT2D eigenvalue weighted by Gasteiger charge is 2.11. The van der Waals surface area contributed by atoms with Crippen molar-refractivity contribution in [1.29, 1.82) is 0 Å². The number of nitrogen functional groups attached to an aromatic ring is 1. The number of anilines is 1. The van der Waals surface area contributed by atoms with Crippen molar-refractivity contribution < 1.29 is 13.6 Å².